The Morgan fingerprint density at radius 3 is 2.73 bits per heavy atom. The van der Waals surface area contributed by atoms with Crippen molar-refractivity contribution in [3.8, 4) is 0 Å². The van der Waals surface area contributed by atoms with Crippen LogP contribution in [0.1, 0.15) is 11.5 Å². The molecule has 8 heteroatoms. The zero-order valence-electron chi connectivity index (χ0n) is 7.63. The molecule has 0 aliphatic heterocycles. The van der Waals surface area contributed by atoms with E-state index in [1.807, 2.05) is 0 Å². The minimum absolute atomic E-state index is 0.0667. The molecule has 0 unspecified atom stereocenters. The average molecular weight is 326 g/mol. The molecule has 1 aromatic rings. The molecule has 1 amide bonds. The largest absolute Gasteiger partial charge is 0.519 e. The molecule has 15 heavy (non-hydrogen) atoms. The van der Waals surface area contributed by atoms with Crippen molar-refractivity contribution in [2.45, 2.75) is 13.5 Å². The normalized spacial score (nSPS) is 9.73. The van der Waals surface area contributed by atoms with Crippen LogP contribution in [0, 0.1) is 12.3 Å². The second-order valence-corrected chi connectivity index (χ2v) is 3.53. The molecule has 1 rings (SSSR count). The van der Waals surface area contributed by atoms with Crippen molar-refractivity contribution in [1.82, 2.24) is 5.32 Å². The molecule has 0 spiro atoms. The fraction of sp³-hybridized carbons (Fsp3) is 0.286. The number of rotatable bonds is 2. The standard InChI is InChI=1S/C7H7IN2O5/c1-3-4(15-7(12)14-3)2-13-6(11)10-5(8)9/h2H2,1H3,(H2,9,10,11). The van der Waals surface area contributed by atoms with Crippen LogP contribution in [0.2, 0.25) is 0 Å². The van der Waals surface area contributed by atoms with E-state index < -0.39 is 11.9 Å². The van der Waals surface area contributed by atoms with Crippen molar-refractivity contribution in [1.29, 1.82) is 5.41 Å². The summed E-state index contributed by atoms with van der Waals surface area (Å²) in [6, 6.07) is 0. The van der Waals surface area contributed by atoms with E-state index in [1.54, 1.807) is 22.6 Å². The molecule has 82 valence electrons. The van der Waals surface area contributed by atoms with E-state index in [4.69, 9.17) is 5.41 Å². The highest BCUT2D eigenvalue weighted by Gasteiger charge is 2.11. The Kier molecular flexibility index (Phi) is 3.88. The highest BCUT2D eigenvalue weighted by atomic mass is 127. The third-order valence-electron chi connectivity index (χ3n) is 1.38. The van der Waals surface area contributed by atoms with Gasteiger partial charge in [-0.25, -0.2) is 9.59 Å². The molecule has 1 aromatic heterocycles. The molecular weight excluding hydrogens is 319 g/mol. The van der Waals surface area contributed by atoms with Crippen LogP contribution in [0.3, 0.4) is 0 Å². The van der Waals surface area contributed by atoms with Gasteiger partial charge in [-0.1, -0.05) is 0 Å². The van der Waals surface area contributed by atoms with Gasteiger partial charge in [-0.05, 0) is 29.5 Å². The summed E-state index contributed by atoms with van der Waals surface area (Å²) in [7, 11) is 0. The number of aryl methyl sites for hydroxylation is 1. The Bertz CT molecular complexity index is 435. The molecule has 0 aliphatic rings. The van der Waals surface area contributed by atoms with Gasteiger partial charge < -0.3 is 13.6 Å². The number of nitrogens with one attached hydrogen (secondary N) is 2. The molecule has 1 heterocycles. The quantitative estimate of drug-likeness (QED) is 0.367. The van der Waals surface area contributed by atoms with Crippen LogP contribution in [0.5, 0.6) is 0 Å². The lowest BCUT2D eigenvalue weighted by Gasteiger charge is -2.02. The molecule has 0 bridgehead atoms. The summed E-state index contributed by atoms with van der Waals surface area (Å²) in [6.07, 6.45) is -0.794. The number of ether oxygens (including phenoxy) is 1. The number of halogens is 1. The zero-order valence-corrected chi connectivity index (χ0v) is 9.78. The summed E-state index contributed by atoms with van der Waals surface area (Å²) in [4.78, 5) is 21.5. The van der Waals surface area contributed by atoms with Crippen molar-refractivity contribution in [2.75, 3.05) is 0 Å². The first-order valence-electron chi connectivity index (χ1n) is 3.76. The molecule has 2 N–H and O–H groups in total. The van der Waals surface area contributed by atoms with Gasteiger partial charge in [0.2, 0.25) is 0 Å². The summed E-state index contributed by atoms with van der Waals surface area (Å²) in [6.45, 7) is 1.30. The fourth-order valence-corrected chi connectivity index (χ4v) is 0.983. The van der Waals surface area contributed by atoms with Crippen molar-refractivity contribution in [2.24, 2.45) is 0 Å². The van der Waals surface area contributed by atoms with Gasteiger partial charge >= 0.3 is 11.9 Å². The first-order chi connectivity index (χ1) is 6.99. The van der Waals surface area contributed by atoms with E-state index in [1.165, 1.54) is 6.92 Å². The third-order valence-corrected chi connectivity index (χ3v) is 1.65. The lowest BCUT2D eigenvalue weighted by molar-refractivity contribution is 0.135. The van der Waals surface area contributed by atoms with Crippen LogP contribution in [-0.4, -0.2) is 9.94 Å². The maximum Gasteiger partial charge on any atom is 0.519 e. The van der Waals surface area contributed by atoms with Gasteiger partial charge in [0.05, 0.1) is 0 Å². The van der Waals surface area contributed by atoms with Crippen molar-refractivity contribution < 1.29 is 18.4 Å². The van der Waals surface area contributed by atoms with Gasteiger partial charge in [-0.15, -0.1) is 0 Å². The van der Waals surface area contributed by atoms with Crippen molar-refractivity contribution in [3.05, 3.63) is 22.1 Å². The van der Waals surface area contributed by atoms with E-state index in [0.717, 1.165) is 0 Å². The Morgan fingerprint density at radius 2 is 2.27 bits per heavy atom. The number of hydrogen-bond donors (Lipinski definition) is 2. The summed E-state index contributed by atoms with van der Waals surface area (Å²) in [5, 5.41) is 9.03. The van der Waals surface area contributed by atoms with Gasteiger partial charge in [0, 0.05) is 0 Å². The molecule has 7 nitrogen and oxygen atoms in total. The SMILES string of the molecule is Cc1oc(=O)oc1COC(=O)NC(=N)I. The Morgan fingerprint density at radius 1 is 1.60 bits per heavy atom. The van der Waals surface area contributed by atoms with Gasteiger partial charge in [-0.2, -0.15) is 0 Å². The van der Waals surface area contributed by atoms with Gasteiger partial charge in [0.1, 0.15) is 0 Å². The van der Waals surface area contributed by atoms with E-state index in [9.17, 15) is 9.59 Å². The zero-order chi connectivity index (χ0) is 11.4. The number of amidine groups is 1. The minimum Gasteiger partial charge on any atom is -0.441 e. The highest BCUT2D eigenvalue weighted by molar-refractivity contribution is 14.1. The molecule has 0 saturated heterocycles. The number of hydrogen-bond acceptors (Lipinski definition) is 6. The smallest absolute Gasteiger partial charge is 0.441 e. The van der Waals surface area contributed by atoms with E-state index in [-0.39, 0.29) is 22.0 Å². The summed E-state index contributed by atoms with van der Waals surface area (Å²) >= 11 is 1.60. The first-order valence-corrected chi connectivity index (χ1v) is 4.84. The number of alkyl carbamates (subject to hydrolysis) is 1. The maximum atomic E-state index is 10.9. The van der Waals surface area contributed by atoms with Crippen LogP contribution < -0.4 is 11.1 Å². The van der Waals surface area contributed by atoms with Gasteiger partial charge in [-0.3, -0.25) is 10.7 Å². The summed E-state index contributed by atoms with van der Waals surface area (Å²) in [5.41, 5.74) is 0. The second-order valence-electron chi connectivity index (χ2n) is 2.45. The van der Waals surface area contributed by atoms with Gasteiger partial charge in [0.15, 0.2) is 22.0 Å². The molecule has 0 saturated carbocycles. The third kappa shape index (κ3) is 3.73. The maximum absolute atomic E-state index is 10.9. The van der Waals surface area contributed by atoms with Crippen molar-refractivity contribution in [3.63, 3.8) is 0 Å². The number of carbonyl (C=O) groups excluding carboxylic acids is 1. The lowest BCUT2D eigenvalue weighted by atomic mass is 10.4. The molecule has 0 fully saturated rings. The number of carbonyl (C=O) groups is 1. The first kappa shape index (κ1) is 11.8. The van der Waals surface area contributed by atoms with E-state index in [0.29, 0.717) is 0 Å². The second kappa shape index (κ2) is 4.96. The molecule has 0 radical (unpaired) electrons. The summed E-state index contributed by atoms with van der Waals surface area (Å²) in [5.74, 6) is -0.430. The van der Waals surface area contributed by atoms with Gasteiger partial charge in [0.25, 0.3) is 0 Å². The molecule has 0 aromatic carbocycles. The molecule has 0 aliphatic carbocycles. The average Bonchev–Trinajstić information content (AvgIpc) is 2.40. The van der Waals surface area contributed by atoms with Crippen LogP contribution >= 0.6 is 22.6 Å². The minimum atomic E-state index is -0.840. The highest BCUT2D eigenvalue weighted by Crippen LogP contribution is 2.06. The lowest BCUT2D eigenvalue weighted by Crippen LogP contribution is -2.26. The summed E-state index contributed by atoms with van der Waals surface area (Å²) < 4.78 is 13.7. The van der Waals surface area contributed by atoms with Crippen molar-refractivity contribution >= 4 is 32.5 Å². The Hall–Kier alpha value is -1.32. The van der Waals surface area contributed by atoms with Crippen LogP contribution in [-0.2, 0) is 11.3 Å². The van der Waals surface area contributed by atoms with Crippen LogP contribution in [0.4, 0.5) is 4.79 Å². The monoisotopic (exact) mass is 326 g/mol. The van der Waals surface area contributed by atoms with E-state index >= 15 is 0 Å². The van der Waals surface area contributed by atoms with Crippen LogP contribution in [0.25, 0.3) is 0 Å². The number of amides is 1. The Labute approximate surface area is 97.4 Å². The fourth-order valence-electron chi connectivity index (χ4n) is 0.763. The predicted molar refractivity (Wildman–Crippen MR) is 57.0 cm³/mol. The molecule has 0 atom stereocenters. The topological polar surface area (TPSA) is 106 Å². The van der Waals surface area contributed by atoms with Crippen LogP contribution in [0.15, 0.2) is 13.6 Å². The Balaban J connectivity index is 2.50. The molecular formula is C7H7IN2O5. The predicted octanol–water partition coefficient (Wildman–Crippen LogP) is 1.14. The van der Waals surface area contributed by atoms with E-state index in [2.05, 4.69) is 18.9 Å².